The molecule has 0 fully saturated rings. The Balaban J connectivity index is 2.31. The van der Waals surface area contributed by atoms with Crippen molar-refractivity contribution in [2.75, 3.05) is 5.32 Å². The molecule has 0 spiro atoms. The molecule has 102 valence electrons. The average molecular weight is 341 g/mol. The molecule has 0 aromatic heterocycles. The predicted octanol–water partition coefficient (Wildman–Crippen LogP) is 5.08. The normalized spacial score (nSPS) is 10.9. The molecule has 2 nitrogen and oxygen atoms in total. The van der Waals surface area contributed by atoms with E-state index >= 15 is 0 Å². The van der Waals surface area contributed by atoms with Gasteiger partial charge in [-0.25, -0.2) is 0 Å². The number of hydrogen-bond donors (Lipinski definition) is 1. The molecule has 0 bridgehead atoms. The maximum absolute atomic E-state index is 12.7. The van der Waals surface area contributed by atoms with E-state index in [1.54, 1.807) is 30.3 Å². The van der Waals surface area contributed by atoms with Crippen molar-refractivity contribution >= 4 is 27.3 Å². The molecule has 0 saturated carbocycles. The largest absolute Gasteiger partial charge is 0.417 e. The summed E-state index contributed by atoms with van der Waals surface area (Å²) >= 11 is 3.29. The summed E-state index contributed by atoms with van der Waals surface area (Å²) in [6, 6.07) is 12.1. The number of rotatable bonds is 2. The molecular formula is C14H8BrF3N2. The Labute approximate surface area is 122 Å². The van der Waals surface area contributed by atoms with Crippen LogP contribution in [0.3, 0.4) is 0 Å². The fourth-order valence-corrected chi connectivity index (χ4v) is 1.93. The molecule has 6 heteroatoms. The minimum absolute atomic E-state index is 0.403. The minimum Gasteiger partial charge on any atom is -0.355 e. The fraction of sp³-hybridized carbons (Fsp3) is 0.0714. The SMILES string of the molecule is N#Cc1cc(Nc2ccc(Br)cc2)ccc1C(F)(F)F. The van der Waals surface area contributed by atoms with E-state index in [9.17, 15) is 13.2 Å². The van der Waals surface area contributed by atoms with Crippen molar-refractivity contribution in [2.24, 2.45) is 0 Å². The average Bonchev–Trinajstić information content (AvgIpc) is 2.40. The van der Waals surface area contributed by atoms with E-state index < -0.39 is 17.3 Å². The lowest BCUT2D eigenvalue weighted by Gasteiger charge is -2.11. The molecule has 2 aromatic rings. The van der Waals surface area contributed by atoms with Crippen molar-refractivity contribution in [3.63, 3.8) is 0 Å². The summed E-state index contributed by atoms with van der Waals surface area (Å²) < 4.78 is 38.9. The second kappa shape index (κ2) is 5.55. The third kappa shape index (κ3) is 3.31. The van der Waals surface area contributed by atoms with E-state index in [0.717, 1.165) is 16.2 Å². The van der Waals surface area contributed by atoms with Gasteiger partial charge in [0.15, 0.2) is 0 Å². The number of benzene rings is 2. The first-order chi connectivity index (χ1) is 9.40. The van der Waals surface area contributed by atoms with Gasteiger partial charge >= 0.3 is 6.18 Å². The highest BCUT2D eigenvalue weighted by Crippen LogP contribution is 2.33. The Bertz CT molecular complexity index is 658. The van der Waals surface area contributed by atoms with Crippen LogP contribution in [0.25, 0.3) is 0 Å². The van der Waals surface area contributed by atoms with Crippen LogP contribution in [0.1, 0.15) is 11.1 Å². The molecule has 0 saturated heterocycles. The molecule has 1 N–H and O–H groups in total. The Hall–Kier alpha value is -2.00. The molecule has 0 atom stereocenters. The van der Waals surface area contributed by atoms with Crippen molar-refractivity contribution in [1.82, 2.24) is 0 Å². The number of nitrogens with one attached hydrogen (secondary N) is 1. The zero-order valence-corrected chi connectivity index (χ0v) is 11.6. The first kappa shape index (κ1) is 14.4. The maximum atomic E-state index is 12.7. The van der Waals surface area contributed by atoms with E-state index in [1.807, 2.05) is 0 Å². The minimum atomic E-state index is -4.53. The molecule has 0 aliphatic carbocycles. The van der Waals surface area contributed by atoms with Crippen LogP contribution in [-0.4, -0.2) is 0 Å². The summed E-state index contributed by atoms with van der Waals surface area (Å²) in [7, 11) is 0. The van der Waals surface area contributed by atoms with Crippen LogP contribution in [0.15, 0.2) is 46.9 Å². The van der Waals surface area contributed by atoms with E-state index in [-0.39, 0.29) is 0 Å². The van der Waals surface area contributed by atoms with Gasteiger partial charge < -0.3 is 5.32 Å². The summed E-state index contributed by atoms with van der Waals surface area (Å²) in [5, 5.41) is 11.8. The number of anilines is 2. The Kier molecular flexibility index (Phi) is 4.00. The third-order valence-electron chi connectivity index (χ3n) is 2.58. The van der Waals surface area contributed by atoms with Gasteiger partial charge in [-0.1, -0.05) is 15.9 Å². The number of hydrogen-bond acceptors (Lipinski definition) is 2. The highest BCUT2D eigenvalue weighted by molar-refractivity contribution is 9.10. The van der Waals surface area contributed by atoms with Gasteiger partial charge in [-0.2, -0.15) is 18.4 Å². The first-order valence-electron chi connectivity index (χ1n) is 5.54. The maximum Gasteiger partial charge on any atom is 0.417 e. The van der Waals surface area contributed by atoms with Crippen LogP contribution in [0, 0.1) is 11.3 Å². The molecular weight excluding hydrogens is 333 g/mol. The number of alkyl halides is 3. The van der Waals surface area contributed by atoms with E-state index in [2.05, 4.69) is 21.2 Å². The van der Waals surface area contributed by atoms with Crippen LogP contribution >= 0.6 is 15.9 Å². The van der Waals surface area contributed by atoms with Gasteiger partial charge in [0.1, 0.15) is 0 Å². The van der Waals surface area contributed by atoms with Crippen LogP contribution in [-0.2, 0) is 6.18 Å². The van der Waals surface area contributed by atoms with Gasteiger partial charge in [0.05, 0.1) is 17.2 Å². The molecule has 2 aromatic carbocycles. The van der Waals surface area contributed by atoms with Crippen LogP contribution in [0.5, 0.6) is 0 Å². The Morgan fingerprint density at radius 2 is 1.60 bits per heavy atom. The van der Waals surface area contributed by atoms with Gasteiger partial charge in [-0.3, -0.25) is 0 Å². The summed E-state index contributed by atoms with van der Waals surface area (Å²) in [4.78, 5) is 0. The van der Waals surface area contributed by atoms with E-state index in [0.29, 0.717) is 5.69 Å². The first-order valence-corrected chi connectivity index (χ1v) is 6.33. The zero-order valence-electron chi connectivity index (χ0n) is 10.0. The van der Waals surface area contributed by atoms with Gasteiger partial charge in [0.2, 0.25) is 0 Å². The standard InChI is InChI=1S/C14H8BrF3N2/c15-10-1-3-11(4-2-10)20-12-5-6-13(14(16,17)18)9(7-12)8-19/h1-7,20H. The quantitative estimate of drug-likeness (QED) is 0.827. The molecule has 0 amide bonds. The fourth-order valence-electron chi connectivity index (χ4n) is 1.66. The molecule has 0 radical (unpaired) electrons. The van der Waals surface area contributed by atoms with Crippen LogP contribution in [0.2, 0.25) is 0 Å². The Morgan fingerprint density at radius 1 is 1.00 bits per heavy atom. The molecule has 0 unspecified atom stereocenters. The second-order valence-electron chi connectivity index (χ2n) is 4.00. The summed E-state index contributed by atoms with van der Waals surface area (Å²) in [5.41, 5.74) is -0.185. The van der Waals surface area contributed by atoms with Crippen molar-refractivity contribution in [3.05, 3.63) is 58.1 Å². The van der Waals surface area contributed by atoms with Crippen molar-refractivity contribution < 1.29 is 13.2 Å². The Morgan fingerprint density at radius 3 is 2.15 bits per heavy atom. The third-order valence-corrected chi connectivity index (χ3v) is 3.11. The van der Waals surface area contributed by atoms with Crippen molar-refractivity contribution in [1.29, 1.82) is 5.26 Å². The van der Waals surface area contributed by atoms with Gasteiger partial charge in [-0.05, 0) is 42.5 Å². The lowest BCUT2D eigenvalue weighted by Crippen LogP contribution is -2.08. The monoisotopic (exact) mass is 340 g/mol. The topological polar surface area (TPSA) is 35.8 Å². The second-order valence-corrected chi connectivity index (χ2v) is 4.92. The lowest BCUT2D eigenvalue weighted by molar-refractivity contribution is -0.137. The molecule has 0 aliphatic heterocycles. The van der Waals surface area contributed by atoms with Crippen molar-refractivity contribution in [2.45, 2.75) is 6.18 Å². The van der Waals surface area contributed by atoms with E-state index in [1.165, 1.54) is 12.1 Å². The lowest BCUT2D eigenvalue weighted by atomic mass is 10.1. The van der Waals surface area contributed by atoms with Crippen LogP contribution < -0.4 is 5.32 Å². The van der Waals surface area contributed by atoms with Crippen LogP contribution in [0.4, 0.5) is 24.5 Å². The summed E-state index contributed by atoms with van der Waals surface area (Å²) in [6.07, 6.45) is -4.53. The van der Waals surface area contributed by atoms with E-state index in [4.69, 9.17) is 5.26 Å². The molecule has 2 rings (SSSR count). The molecule has 0 heterocycles. The molecule has 0 aliphatic rings. The van der Waals surface area contributed by atoms with Gasteiger partial charge in [-0.15, -0.1) is 0 Å². The van der Waals surface area contributed by atoms with Gasteiger partial charge in [0, 0.05) is 15.8 Å². The highest BCUT2D eigenvalue weighted by Gasteiger charge is 2.33. The smallest absolute Gasteiger partial charge is 0.355 e. The molecule has 20 heavy (non-hydrogen) atoms. The number of nitriles is 1. The predicted molar refractivity (Wildman–Crippen MR) is 73.6 cm³/mol. The van der Waals surface area contributed by atoms with Gasteiger partial charge in [0.25, 0.3) is 0 Å². The highest BCUT2D eigenvalue weighted by atomic mass is 79.9. The summed E-state index contributed by atoms with van der Waals surface area (Å²) in [6.45, 7) is 0. The number of nitrogens with zero attached hydrogens (tertiary/aromatic N) is 1. The number of halogens is 4. The zero-order chi connectivity index (χ0) is 14.8. The summed E-state index contributed by atoms with van der Waals surface area (Å²) in [5.74, 6) is 0. The van der Waals surface area contributed by atoms with Crippen molar-refractivity contribution in [3.8, 4) is 6.07 Å².